The molecule has 248 valence electrons. The van der Waals surface area contributed by atoms with Gasteiger partial charge in [0.15, 0.2) is 5.82 Å². The maximum atomic E-state index is 13.8. The third kappa shape index (κ3) is 8.13. The average molecular weight is 660 g/mol. The van der Waals surface area contributed by atoms with Crippen molar-refractivity contribution in [3.63, 3.8) is 0 Å². The van der Waals surface area contributed by atoms with Crippen molar-refractivity contribution < 1.29 is 22.5 Å². The number of aryl methyl sites for hydroxylation is 1. The number of hydrogen-bond donors (Lipinski definition) is 3. The predicted molar refractivity (Wildman–Crippen MR) is 180 cm³/mol. The van der Waals surface area contributed by atoms with E-state index in [0.717, 1.165) is 47.9 Å². The van der Waals surface area contributed by atoms with Gasteiger partial charge in [0.05, 0.1) is 4.90 Å². The number of anilines is 1. The molecule has 0 unspecified atom stereocenters. The molecule has 0 radical (unpaired) electrons. The Labute approximate surface area is 274 Å². The zero-order valence-electron chi connectivity index (χ0n) is 26.9. The molecule has 1 aromatic heterocycles. The Balaban J connectivity index is 1.39. The smallest absolute Gasteiger partial charge is 0.330 e. The van der Waals surface area contributed by atoms with E-state index in [4.69, 9.17) is 5.73 Å². The normalized spacial score (nSPS) is 17.4. The predicted octanol–water partition coefficient (Wildman–Crippen LogP) is 4.78. The van der Waals surface area contributed by atoms with Gasteiger partial charge in [-0.3, -0.25) is 19.1 Å². The van der Waals surface area contributed by atoms with Gasteiger partial charge >= 0.3 is 5.76 Å². The summed E-state index contributed by atoms with van der Waals surface area (Å²) in [6.07, 6.45) is 3.80. The highest BCUT2D eigenvalue weighted by Crippen LogP contribution is 2.32. The number of nitrogens with two attached hydrogens (primary N) is 1. The SMILES string of the molecule is Cc1ccc(S(=O)(=O)N(C)C)cc1-c1cccc(C[C@H](CC(=O)C2CCC(CN)CC2)C(=O)Nc2ccc(-c3noc(=O)[nH]3)cc2)c1. The highest BCUT2D eigenvalue weighted by Gasteiger charge is 2.30. The topological polar surface area (TPSA) is 168 Å². The van der Waals surface area contributed by atoms with Crippen molar-refractivity contribution in [1.29, 1.82) is 0 Å². The van der Waals surface area contributed by atoms with Crippen LogP contribution in [-0.4, -0.2) is 55.2 Å². The molecule has 12 heteroatoms. The van der Waals surface area contributed by atoms with Gasteiger partial charge in [-0.25, -0.2) is 17.5 Å². The van der Waals surface area contributed by atoms with Gasteiger partial charge in [-0.2, -0.15) is 0 Å². The van der Waals surface area contributed by atoms with Gasteiger partial charge in [0.1, 0.15) is 5.78 Å². The standard InChI is InChI=1S/C35H41N5O6S/c1-22-7-16-30(47(44,45)40(2)3)20-31(22)27-6-4-5-24(17-27)18-28(19-32(41)25-10-8-23(21-36)9-11-25)34(42)37-29-14-12-26(13-15-29)33-38-35(43)46-39-33/h4-7,12-17,20,23,25,28H,8-11,18-19,21,36H2,1-3H3,(H,37,42)(H,38,39,43)/t23?,25?,28-/m1/s1. The van der Waals surface area contributed by atoms with Gasteiger partial charge in [0, 0.05) is 43.6 Å². The Morgan fingerprint density at radius 1 is 1.02 bits per heavy atom. The van der Waals surface area contributed by atoms with E-state index in [2.05, 4.69) is 20.0 Å². The van der Waals surface area contributed by atoms with Crippen LogP contribution in [0.2, 0.25) is 0 Å². The first-order valence-corrected chi connectivity index (χ1v) is 17.2. The summed E-state index contributed by atoms with van der Waals surface area (Å²) in [5.41, 5.74) is 10.4. The highest BCUT2D eigenvalue weighted by atomic mass is 32.2. The minimum Gasteiger partial charge on any atom is -0.330 e. The fourth-order valence-electron chi connectivity index (χ4n) is 6.13. The number of carbonyl (C=O) groups excluding carboxylic acids is 2. The van der Waals surface area contributed by atoms with Crippen LogP contribution < -0.4 is 16.8 Å². The molecule has 1 saturated carbocycles. The Kier molecular flexibility index (Phi) is 10.5. The maximum absolute atomic E-state index is 13.8. The minimum atomic E-state index is -3.63. The fourth-order valence-corrected chi connectivity index (χ4v) is 7.06. The van der Waals surface area contributed by atoms with E-state index in [1.807, 2.05) is 31.2 Å². The Hall–Kier alpha value is -4.39. The van der Waals surface area contributed by atoms with E-state index in [0.29, 0.717) is 30.1 Å². The summed E-state index contributed by atoms with van der Waals surface area (Å²) in [5, 5.41) is 6.66. The lowest BCUT2D eigenvalue weighted by Gasteiger charge is -2.28. The van der Waals surface area contributed by atoms with Gasteiger partial charge in [-0.05, 0) is 110 Å². The van der Waals surface area contributed by atoms with E-state index >= 15 is 0 Å². The number of nitrogens with one attached hydrogen (secondary N) is 2. The maximum Gasteiger partial charge on any atom is 0.439 e. The molecule has 5 rings (SSSR count). The number of hydrogen-bond acceptors (Lipinski definition) is 8. The average Bonchev–Trinajstić information content (AvgIpc) is 3.51. The first kappa shape index (κ1) is 34.0. The number of amides is 1. The van der Waals surface area contributed by atoms with Crippen molar-refractivity contribution in [3.8, 4) is 22.5 Å². The van der Waals surface area contributed by atoms with Crippen molar-refractivity contribution in [2.45, 2.75) is 50.3 Å². The Morgan fingerprint density at radius 2 is 1.74 bits per heavy atom. The van der Waals surface area contributed by atoms with Crippen molar-refractivity contribution in [1.82, 2.24) is 14.4 Å². The zero-order valence-corrected chi connectivity index (χ0v) is 27.7. The largest absolute Gasteiger partial charge is 0.439 e. The van der Waals surface area contributed by atoms with Crippen molar-refractivity contribution in [2.75, 3.05) is 26.0 Å². The molecule has 1 heterocycles. The number of benzene rings is 3. The van der Waals surface area contributed by atoms with E-state index in [-0.39, 0.29) is 34.7 Å². The molecule has 4 N–H and O–H groups in total. The summed E-state index contributed by atoms with van der Waals surface area (Å²) in [5.74, 6) is -0.872. The molecule has 1 atom stereocenters. The van der Waals surface area contributed by atoms with Crippen LogP contribution in [0.1, 0.15) is 43.2 Å². The molecule has 4 aromatic rings. The lowest BCUT2D eigenvalue weighted by molar-refractivity contribution is -0.129. The second kappa shape index (κ2) is 14.6. The molecular weight excluding hydrogens is 618 g/mol. The van der Waals surface area contributed by atoms with Crippen LogP contribution in [0.3, 0.4) is 0 Å². The van der Waals surface area contributed by atoms with E-state index in [1.165, 1.54) is 18.4 Å². The van der Waals surface area contributed by atoms with Gasteiger partial charge in [0.25, 0.3) is 0 Å². The van der Waals surface area contributed by atoms with Crippen LogP contribution in [0.15, 0.2) is 80.9 Å². The molecule has 47 heavy (non-hydrogen) atoms. The monoisotopic (exact) mass is 659 g/mol. The molecule has 1 aliphatic carbocycles. The van der Waals surface area contributed by atoms with E-state index in [9.17, 15) is 22.8 Å². The number of aromatic nitrogens is 2. The number of rotatable bonds is 12. The first-order valence-electron chi connectivity index (χ1n) is 15.8. The molecule has 1 aliphatic rings. The van der Waals surface area contributed by atoms with Crippen LogP contribution in [0, 0.1) is 24.7 Å². The van der Waals surface area contributed by atoms with Crippen LogP contribution in [0.4, 0.5) is 5.69 Å². The third-order valence-electron chi connectivity index (χ3n) is 9.03. The third-order valence-corrected chi connectivity index (χ3v) is 10.8. The number of carbonyl (C=O) groups is 2. The lowest BCUT2D eigenvalue weighted by Crippen LogP contribution is -2.31. The van der Waals surface area contributed by atoms with Gasteiger partial charge < -0.3 is 11.1 Å². The van der Waals surface area contributed by atoms with E-state index in [1.54, 1.807) is 42.5 Å². The number of nitrogens with zero attached hydrogens (tertiary/aromatic N) is 2. The summed E-state index contributed by atoms with van der Waals surface area (Å²) in [4.78, 5) is 41.4. The first-order chi connectivity index (χ1) is 22.4. The molecule has 11 nitrogen and oxygen atoms in total. The number of Topliss-reactive ketones (excluding diaryl/α,β-unsaturated/α-hetero) is 1. The van der Waals surface area contributed by atoms with E-state index < -0.39 is 21.7 Å². The summed E-state index contributed by atoms with van der Waals surface area (Å²) >= 11 is 0. The molecule has 0 aliphatic heterocycles. The van der Waals surface area contributed by atoms with Crippen molar-refractivity contribution in [3.05, 3.63) is 88.4 Å². The van der Waals surface area contributed by atoms with Gasteiger partial charge in [-0.1, -0.05) is 35.5 Å². The fraction of sp³-hybridized carbons (Fsp3) is 0.371. The molecule has 0 spiro atoms. The quantitative estimate of drug-likeness (QED) is 0.195. The number of aromatic amines is 1. The summed E-state index contributed by atoms with van der Waals surface area (Å²) in [6, 6.07) is 19.5. The Morgan fingerprint density at radius 3 is 2.38 bits per heavy atom. The second-order valence-electron chi connectivity index (χ2n) is 12.5. The molecule has 0 saturated heterocycles. The summed E-state index contributed by atoms with van der Waals surface area (Å²) in [7, 11) is -0.631. The van der Waals surface area contributed by atoms with Crippen LogP contribution >= 0.6 is 0 Å². The van der Waals surface area contributed by atoms with Gasteiger partial charge in [-0.15, -0.1) is 0 Å². The van der Waals surface area contributed by atoms with Crippen LogP contribution in [0.25, 0.3) is 22.5 Å². The molecule has 0 bridgehead atoms. The number of sulfonamides is 1. The summed E-state index contributed by atoms with van der Waals surface area (Å²) < 4.78 is 31.5. The molecule has 1 fully saturated rings. The van der Waals surface area contributed by atoms with Crippen LogP contribution in [0.5, 0.6) is 0 Å². The van der Waals surface area contributed by atoms with Gasteiger partial charge in [0.2, 0.25) is 15.9 Å². The molecular formula is C35H41N5O6S. The minimum absolute atomic E-state index is 0.0829. The second-order valence-corrected chi connectivity index (χ2v) is 14.7. The van der Waals surface area contributed by atoms with Crippen LogP contribution in [-0.2, 0) is 26.0 Å². The highest BCUT2D eigenvalue weighted by molar-refractivity contribution is 7.89. The molecule has 1 amide bonds. The van der Waals surface area contributed by atoms with Crippen molar-refractivity contribution >= 4 is 27.4 Å². The molecule has 3 aromatic carbocycles. The summed E-state index contributed by atoms with van der Waals surface area (Å²) in [6.45, 7) is 2.55. The lowest BCUT2D eigenvalue weighted by atomic mass is 9.77. The zero-order chi connectivity index (χ0) is 33.7. The number of ketones is 1. The Bertz CT molecular complexity index is 1890. The number of H-pyrrole nitrogens is 1. The van der Waals surface area contributed by atoms with Crippen molar-refractivity contribution in [2.24, 2.45) is 23.5 Å².